The van der Waals surface area contributed by atoms with E-state index in [1.165, 1.54) is 19.3 Å². The molecule has 1 N–H and O–H groups in total. The van der Waals surface area contributed by atoms with E-state index in [4.69, 9.17) is 14.2 Å². The molecule has 2 rings (SSSR count). The highest BCUT2D eigenvalue weighted by molar-refractivity contribution is 5.91. The predicted molar refractivity (Wildman–Crippen MR) is 85.9 cm³/mol. The first-order valence-electron chi connectivity index (χ1n) is 7.77. The first kappa shape index (κ1) is 16.5. The Hall–Kier alpha value is -1.91. The topological polar surface area (TPSA) is 56.8 Å². The third kappa shape index (κ3) is 4.06. The zero-order valence-electron chi connectivity index (χ0n) is 13.6. The monoisotopic (exact) mass is 307 g/mol. The first-order valence-corrected chi connectivity index (χ1v) is 7.77. The molecule has 0 aliphatic heterocycles. The summed E-state index contributed by atoms with van der Waals surface area (Å²) in [6.07, 6.45) is 6.66. The summed E-state index contributed by atoms with van der Waals surface area (Å²) in [7, 11) is 4.68. The lowest BCUT2D eigenvalue weighted by Crippen LogP contribution is -2.18. The summed E-state index contributed by atoms with van der Waals surface area (Å²) in [5.74, 6) is 2.15. The van der Waals surface area contributed by atoms with E-state index in [2.05, 4.69) is 5.32 Å². The molecule has 1 aromatic carbocycles. The Bertz CT molecular complexity index is 484. The second-order valence-electron chi connectivity index (χ2n) is 5.67. The van der Waals surface area contributed by atoms with Crippen molar-refractivity contribution in [1.29, 1.82) is 0 Å². The van der Waals surface area contributed by atoms with Crippen LogP contribution in [-0.4, -0.2) is 27.2 Å². The number of benzene rings is 1. The van der Waals surface area contributed by atoms with E-state index in [1.54, 1.807) is 33.5 Å². The highest BCUT2D eigenvalue weighted by Crippen LogP contribution is 2.40. The molecule has 0 unspecified atom stereocenters. The van der Waals surface area contributed by atoms with Crippen molar-refractivity contribution in [2.75, 3.05) is 26.6 Å². The number of methoxy groups -OCH3 is 3. The molecule has 1 aromatic rings. The number of hydrogen-bond acceptors (Lipinski definition) is 4. The average Bonchev–Trinajstić information content (AvgIpc) is 2.54. The van der Waals surface area contributed by atoms with E-state index in [0.717, 1.165) is 12.8 Å². The minimum atomic E-state index is 0.0428. The standard InChI is InChI=1S/C17H25NO4/c1-20-14-10-13(11-15(21-2)17(14)22-3)18-16(19)9-12-7-5-4-6-8-12/h10-12H,4-9H2,1-3H3,(H,18,19). The smallest absolute Gasteiger partial charge is 0.224 e. The van der Waals surface area contributed by atoms with Gasteiger partial charge < -0.3 is 19.5 Å². The molecule has 0 saturated heterocycles. The van der Waals surface area contributed by atoms with E-state index in [-0.39, 0.29) is 5.91 Å². The van der Waals surface area contributed by atoms with Gasteiger partial charge in [0.15, 0.2) is 11.5 Å². The fraction of sp³-hybridized carbons (Fsp3) is 0.588. The van der Waals surface area contributed by atoms with Crippen LogP contribution in [0.25, 0.3) is 0 Å². The molecule has 5 nitrogen and oxygen atoms in total. The predicted octanol–water partition coefficient (Wildman–Crippen LogP) is 3.62. The minimum absolute atomic E-state index is 0.0428. The maximum Gasteiger partial charge on any atom is 0.224 e. The van der Waals surface area contributed by atoms with Gasteiger partial charge in [0.05, 0.1) is 21.3 Å². The van der Waals surface area contributed by atoms with Crippen LogP contribution in [0.15, 0.2) is 12.1 Å². The molecule has 0 spiro atoms. The molecule has 0 bridgehead atoms. The molecule has 0 atom stereocenters. The molecule has 1 saturated carbocycles. The number of amides is 1. The van der Waals surface area contributed by atoms with E-state index in [9.17, 15) is 4.79 Å². The Morgan fingerprint density at radius 2 is 1.64 bits per heavy atom. The van der Waals surface area contributed by atoms with Crippen LogP contribution in [0.4, 0.5) is 5.69 Å². The van der Waals surface area contributed by atoms with Crippen molar-refractivity contribution < 1.29 is 19.0 Å². The summed E-state index contributed by atoms with van der Waals surface area (Å²) in [6, 6.07) is 3.50. The maximum atomic E-state index is 12.2. The van der Waals surface area contributed by atoms with Crippen LogP contribution in [-0.2, 0) is 4.79 Å². The quantitative estimate of drug-likeness (QED) is 0.872. The number of rotatable bonds is 6. The largest absolute Gasteiger partial charge is 0.493 e. The summed E-state index contributed by atoms with van der Waals surface area (Å²) in [5, 5.41) is 2.94. The zero-order chi connectivity index (χ0) is 15.9. The van der Waals surface area contributed by atoms with Gasteiger partial charge in [-0.2, -0.15) is 0 Å². The summed E-state index contributed by atoms with van der Waals surface area (Å²) in [6.45, 7) is 0. The third-order valence-electron chi connectivity index (χ3n) is 4.15. The van der Waals surface area contributed by atoms with E-state index < -0.39 is 0 Å². The van der Waals surface area contributed by atoms with Gasteiger partial charge in [0.2, 0.25) is 11.7 Å². The van der Waals surface area contributed by atoms with Crippen LogP contribution in [0.1, 0.15) is 38.5 Å². The van der Waals surface area contributed by atoms with E-state index in [0.29, 0.717) is 35.3 Å². The second kappa shape index (κ2) is 7.92. The number of carbonyl (C=O) groups excluding carboxylic acids is 1. The third-order valence-corrected chi connectivity index (χ3v) is 4.15. The molecule has 1 aliphatic rings. The van der Waals surface area contributed by atoms with Crippen molar-refractivity contribution in [3.05, 3.63) is 12.1 Å². The number of hydrogen-bond donors (Lipinski definition) is 1. The van der Waals surface area contributed by atoms with Crippen LogP contribution in [0.5, 0.6) is 17.2 Å². The lowest BCUT2D eigenvalue weighted by atomic mass is 9.87. The Kier molecular flexibility index (Phi) is 5.92. The Balaban J connectivity index is 2.06. The van der Waals surface area contributed by atoms with Crippen molar-refractivity contribution in [2.45, 2.75) is 38.5 Å². The van der Waals surface area contributed by atoms with Gasteiger partial charge in [0.25, 0.3) is 0 Å². The van der Waals surface area contributed by atoms with Crippen molar-refractivity contribution in [1.82, 2.24) is 0 Å². The number of anilines is 1. The molecular weight excluding hydrogens is 282 g/mol. The highest BCUT2D eigenvalue weighted by Gasteiger charge is 2.18. The molecule has 5 heteroatoms. The second-order valence-corrected chi connectivity index (χ2v) is 5.67. The van der Waals surface area contributed by atoms with Gasteiger partial charge in [-0.3, -0.25) is 4.79 Å². The molecule has 1 amide bonds. The fourth-order valence-corrected chi connectivity index (χ4v) is 3.02. The van der Waals surface area contributed by atoms with Crippen LogP contribution >= 0.6 is 0 Å². The molecule has 0 aromatic heterocycles. The van der Waals surface area contributed by atoms with Crippen molar-refractivity contribution >= 4 is 11.6 Å². The number of ether oxygens (including phenoxy) is 3. The SMILES string of the molecule is COc1cc(NC(=O)CC2CCCCC2)cc(OC)c1OC. The summed E-state index contributed by atoms with van der Waals surface area (Å²) >= 11 is 0. The van der Waals surface area contributed by atoms with Crippen LogP contribution in [0, 0.1) is 5.92 Å². The fourth-order valence-electron chi connectivity index (χ4n) is 3.02. The molecule has 0 radical (unpaired) electrons. The maximum absolute atomic E-state index is 12.2. The summed E-state index contributed by atoms with van der Waals surface area (Å²) in [4.78, 5) is 12.2. The Labute approximate surface area is 131 Å². The van der Waals surface area contributed by atoms with Crippen molar-refractivity contribution in [2.24, 2.45) is 5.92 Å². The Morgan fingerprint density at radius 3 is 2.14 bits per heavy atom. The molecular formula is C17H25NO4. The summed E-state index contributed by atoms with van der Waals surface area (Å²) in [5.41, 5.74) is 0.662. The molecule has 1 fully saturated rings. The van der Waals surface area contributed by atoms with Gasteiger partial charge in [0.1, 0.15) is 0 Å². The first-order chi connectivity index (χ1) is 10.7. The lowest BCUT2D eigenvalue weighted by Gasteiger charge is -2.21. The van der Waals surface area contributed by atoms with Gasteiger partial charge in [-0.1, -0.05) is 19.3 Å². The van der Waals surface area contributed by atoms with E-state index in [1.807, 2.05) is 0 Å². The van der Waals surface area contributed by atoms with Gasteiger partial charge >= 0.3 is 0 Å². The van der Waals surface area contributed by atoms with Gasteiger partial charge in [0, 0.05) is 24.2 Å². The average molecular weight is 307 g/mol. The zero-order valence-corrected chi connectivity index (χ0v) is 13.6. The normalized spacial score (nSPS) is 15.2. The van der Waals surface area contributed by atoms with Crippen molar-refractivity contribution in [3.63, 3.8) is 0 Å². The number of carbonyl (C=O) groups is 1. The van der Waals surface area contributed by atoms with E-state index >= 15 is 0 Å². The van der Waals surface area contributed by atoms with Crippen molar-refractivity contribution in [3.8, 4) is 17.2 Å². The molecule has 122 valence electrons. The minimum Gasteiger partial charge on any atom is -0.493 e. The Morgan fingerprint density at radius 1 is 1.05 bits per heavy atom. The van der Waals surface area contributed by atoms with Gasteiger partial charge in [-0.15, -0.1) is 0 Å². The molecule has 0 heterocycles. The number of nitrogens with one attached hydrogen (secondary N) is 1. The van der Waals surface area contributed by atoms with Gasteiger partial charge in [-0.25, -0.2) is 0 Å². The lowest BCUT2D eigenvalue weighted by molar-refractivity contribution is -0.117. The molecule has 1 aliphatic carbocycles. The van der Waals surface area contributed by atoms with Crippen LogP contribution in [0.3, 0.4) is 0 Å². The summed E-state index contributed by atoms with van der Waals surface area (Å²) < 4.78 is 15.9. The van der Waals surface area contributed by atoms with Crippen LogP contribution < -0.4 is 19.5 Å². The highest BCUT2D eigenvalue weighted by atomic mass is 16.5. The van der Waals surface area contributed by atoms with Crippen LogP contribution in [0.2, 0.25) is 0 Å². The van der Waals surface area contributed by atoms with Gasteiger partial charge in [-0.05, 0) is 18.8 Å². The molecule has 22 heavy (non-hydrogen) atoms.